The van der Waals surface area contributed by atoms with E-state index in [2.05, 4.69) is 45.9 Å². The molecule has 2 heterocycles. The van der Waals surface area contributed by atoms with Crippen LogP contribution in [0.1, 0.15) is 30.9 Å². The monoisotopic (exact) mass is 288 g/mol. The summed E-state index contributed by atoms with van der Waals surface area (Å²) >= 11 is 1.75. The molecule has 2 aromatic rings. The van der Waals surface area contributed by atoms with E-state index in [1.165, 1.54) is 18.4 Å². The van der Waals surface area contributed by atoms with E-state index in [-0.39, 0.29) is 0 Å². The Morgan fingerprint density at radius 3 is 2.95 bits per heavy atom. The second-order valence-corrected chi connectivity index (χ2v) is 6.00. The van der Waals surface area contributed by atoms with Crippen LogP contribution in [0.25, 0.3) is 0 Å². The van der Waals surface area contributed by atoms with E-state index in [0.29, 0.717) is 6.04 Å². The van der Waals surface area contributed by atoms with Gasteiger partial charge in [0.05, 0.1) is 0 Å². The van der Waals surface area contributed by atoms with Crippen molar-refractivity contribution in [2.75, 3.05) is 16.8 Å². The van der Waals surface area contributed by atoms with E-state index in [1.54, 1.807) is 11.3 Å². The highest BCUT2D eigenvalue weighted by molar-refractivity contribution is 7.07. The van der Waals surface area contributed by atoms with Gasteiger partial charge in [0.25, 0.3) is 0 Å². The number of aromatic nitrogens is 2. The van der Waals surface area contributed by atoms with Gasteiger partial charge in [-0.2, -0.15) is 16.3 Å². The van der Waals surface area contributed by atoms with Crippen LogP contribution in [0.2, 0.25) is 0 Å². The van der Waals surface area contributed by atoms with Crippen LogP contribution in [-0.2, 0) is 6.54 Å². The third-order valence-corrected chi connectivity index (χ3v) is 4.20. The molecule has 3 rings (SSSR count). The van der Waals surface area contributed by atoms with E-state index in [9.17, 15) is 0 Å². The summed E-state index contributed by atoms with van der Waals surface area (Å²) in [7, 11) is 0. The van der Waals surface area contributed by atoms with Crippen LogP contribution in [0.5, 0.6) is 0 Å². The number of nitrogens with zero attached hydrogens (tertiary/aromatic N) is 3. The molecule has 20 heavy (non-hydrogen) atoms. The summed E-state index contributed by atoms with van der Waals surface area (Å²) in [5.74, 6) is 1.80. The Hall–Kier alpha value is -1.62. The maximum absolute atomic E-state index is 4.71. The van der Waals surface area contributed by atoms with Crippen molar-refractivity contribution in [1.82, 2.24) is 9.97 Å². The molecule has 106 valence electrons. The summed E-state index contributed by atoms with van der Waals surface area (Å²) in [6.45, 7) is 5.94. The molecule has 0 aromatic carbocycles. The summed E-state index contributed by atoms with van der Waals surface area (Å²) in [4.78, 5) is 11.5. The van der Waals surface area contributed by atoms with Crippen molar-refractivity contribution in [1.29, 1.82) is 0 Å². The Labute approximate surface area is 123 Å². The first kappa shape index (κ1) is 13.4. The molecule has 0 amide bonds. The minimum absolute atomic E-state index is 0.637. The van der Waals surface area contributed by atoms with Crippen LogP contribution in [0.3, 0.4) is 0 Å². The molecule has 1 aliphatic carbocycles. The summed E-state index contributed by atoms with van der Waals surface area (Å²) in [6.07, 6.45) is 4.46. The van der Waals surface area contributed by atoms with Crippen molar-refractivity contribution in [2.45, 2.75) is 39.3 Å². The second kappa shape index (κ2) is 5.79. The normalized spacial score (nSPS) is 14.3. The van der Waals surface area contributed by atoms with Crippen molar-refractivity contribution in [2.24, 2.45) is 0 Å². The third kappa shape index (κ3) is 2.93. The Balaban J connectivity index is 1.88. The van der Waals surface area contributed by atoms with Crippen LogP contribution >= 0.6 is 11.3 Å². The average Bonchev–Trinajstić information content (AvgIpc) is 3.16. The Morgan fingerprint density at radius 2 is 2.30 bits per heavy atom. The lowest BCUT2D eigenvalue weighted by molar-refractivity contribution is 0.772. The van der Waals surface area contributed by atoms with Gasteiger partial charge in [0.2, 0.25) is 5.95 Å². The highest BCUT2D eigenvalue weighted by Gasteiger charge is 2.31. The van der Waals surface area contributed by atoms with Gasteiger partial charge in [-0.1, -0.05) is 0 Å². The summed E-state index contributed by atoms with van der Waals surface area (Å²) in [6, 6.07) is 2.83. The highest BCUT2D eigenvalue weighted by Crippen LogP contribution is 2.34. The maximum Gasteiger partial charge on any atom is 0.224 e. The van der Waals surface area contributed by atoms with E-state index >= 15 is 0 Å². The molecule has 1 saturated carbocycles. The molecular formula is C15H20N4S. The van der Waals surface area contributed by atoms with E-state index in [4.69, 9.17) is 4.98 Å². The number of hydrogen-bond acceptors (Lipinski definition) is 5. The number of aryl methyl sites for hydroxylation is 1. The lowest BCUT2D eigenvalue weighted by Crippen LogP contribution is -2.27. The van der Waals surface area contributed by atoms with Gasteiger partial charge in [0.1, 0.15) is 5.82 Å². The maximum atomic E-state index is 4.71. The number of hydrogen-bond donors (Lipinski definition) is 1. The topological polar surface area (TPSA) is 41.1 Å². The molecular weight excluding hydrogens is 268 g/mol. The van der Waals surface area contributed by atoms with Gasteiger partial charge in [-0.15, -0.1) is 0 Å². The van der Waals surface area contributed by atoms with Crippen LogP contribution in [0.4, 0.5) is 11.8 Å². The number of rotatable bonds is 6. The van der Waals surface area contributed by atoms with Gasteiger partial charge in [-0.3, -0.25) is 0 Å². The SMILES string of the molecule is CCNc1ncc(C)c(N(Cc2ccsc2)C2CC2)n1. The van der Waals surface area contributed by atoms with Crippen molar-refractivity contribution in [3.8, 4) is 0 Å². The summed E-state index contributed by atoms with van der Waals surface area (Å²) < 4.78 is 0. The van der Waals surface area contributed by atoms with Crippen molar-refractivity contribution in [3.05, 3.63) is 34.2 Å². The molecule has 0 radical (unpaired) electrons. The lowest BCUT2D eigenvalue weighted by atomic mass is 10.2. The molecule has 1 fully saturated rings. The molecule has 0 saturated heterocycles. The molecule has 0 atom stereocenters. The number of anilines is 2. The lowest BCUT2D eigenvalue weighted by Gasteiger charge is -2.25. The van der Waals surface area contributed by atoms with Gasteiger partial charge in [-0.05, 0) is 49.1 Å². The zero-order chi connectivity index (χ0) is 13.9. The average molecular weight is 288 g/mol. The van der Waals surface area contributed by atoms with Gasteiger partial charge in [0, 0.05) is 30.9 Å². The van der Waals surface area contributed by atoms with Crippen molar-refractivity contribution >= 4 is 23.1 Å². The first-order valence-corrected chi connectivity index (χ1v) is 8.07. The van der Waals surface area contributed by atoms with E-state index in [0.717, 1.165) is 30.4 Å². The van der Waals surface area contributed by atoms with Crippen LogP contribution in [-0.4, -0.2) is 22.6 Å². The van der Waals surface area contributed by atoms with Crippen LogP contribution < -0.4 is 10.2 Å². The van der Waals surface area contributed by atoms with Gasteiger partial charge < -0.3 is 10.2 Å². The molecule has 1 aliphatic rings. The van der Waals surface area contributed by atoms with Gasteiger partial charge in [-0.25, -0.2) is 4.98 Å². The third-order valence-electron chi connectivity index (χ3n) is 3.47. The first-order chi connectivity index (χ1) is 9.78. The molecule has 0 spiro atoms. The fourth-order valence-electron chi connectivity index (χ4n) is 2.31. The molecule has 2 aromatic heterocycles. The number of nitrogens with one attached hydrogen (secondary N) is 1. The Morgan fingerprint density at radius 1 is 1.45 bits per heavy atom. The Kier molecular flexibility index (Phi) is 3.87. The Bertz CT molecular complexity index is 563. The fourth-order valence-corrected chi connectivity index (χ4v) is 2.97. The smallest absolute Gasteiger partial charge is 0.224 e. The largest absolute Gasteiger partial charge is 0.354 e. The van der Waals surface area contributed by atoms with Crippen molar-refractivity contribution in [3.63, 3.8) is 0 Å². The van der Waals surface area contributed by atoms with Crippen LogP contribution in [0, 0.1) is 6.92 Å². The number of thiophene rings is 1. The molecule has 4 nitrogen and oxygen atoms in total. The van der Waals surface area contributed by atoms with E-state index < -0.39 is 0 Å². The molecule has 0 unspecified atom stereocenters. The summed E-state index contributed by atoms with van der Waals surface area (Å²) in [5, 5.41) is 7.56. The van der Waals surface area contributed by atoms with Gasteiger partial charge >= 0.3 is 0 Å². The second-order valence-electron chi connectivity index (χ2n) is 5.22. The fraction of sp³-hybridized carbons (Fsp3) is 0.467. The molecule has 1 N–H and O–H groups in total. The summed E-state index contributed by atoms with van der Waals surface area (Å²) in [5.41, 5.74) is 2.51. The zero-order valence-electron chi connectivity index (χ0n) is 12.0. The standard InChI is InChI=1S/C15H20N4S/c1-3-16-15-17-8-11(2)14(18-15)19(13-4-5-13)9-12-6-7-20-10-12/h6-8,10,13H,3-5,9H2,1-2H3,(H,16,17,18). The predicted octanol–water partition coefficient (Wildman–Crippen LogP) is 3.45. The highest BCUT2D eigenvalue weighted by atomic mass is 32.1. The zero-order valence-corrected chi connectivity index (χ0v) is 12.8. The molecule has 5 heteroatoms. The quantitative estimate of drug-likeness (QED) is 0.884. The molecule has 0 aliphatic heterocycles. The van der Waals surface area contributed by atoms with E-state index in [1.807, 2.05) is 6.20 Å². The van der Waals surface area contributed by atoms with Crippen LogP contribution in [0.15, 0.2) is 23.0 Å². The predicted molar refractivity (Wildman–Crippen MR) is 84.5 cm³/mol. The van der Waals surface area contributed by atoms with Gasteiger partial charge in [0.15, 0.2) is 0 Å². The van der Waals surface area contributed by atoms with Crippen molar-refractivity contribution < 1.29 is 0 Å². The first-order valence-electron chi connectivity index (χ1n) is 7.13. The minimum Gasteiger partial charge on any atom is -0.354 e. The minimum atomic E-state index is 0.637. The molecule has 0 bridgehead atoms.